The smallest absolute Gasteiger partial charge is 0.217 e. The van der Waals surface area contributed by atoms with Crippen molar-refractivity contribution >= 4 is 22.9 Å². The summed E-state index contributed by atoms with van der Waals surface area (Å²) in [6.45, 7) is 1.92. The molecule has 0 aromatic carbocycles. The van der Waals surface area contributed by atoms with Crippen molar-refractivity contribution < 1.29 is 4.79 Å². The molecule has 0 atom stereocenters. The lowest BCUT2D eigenvalue weighted by atomic mass is 10.3. The number of hydrogen-bond acceptors (Lipinski definition) is 1. The van der Waals surface area contributed by atoms with Gasteiger partial charge < -0.3 is 5.73 Å². The van der Waals surface area contributed by atoms with Crippen molar-refractivity contribution in [2.75, 3.05) is 0 Å². The molecule has 0 heterocycles. The molecule has 44 valence electrons. The Balaban J connectivity index is 0. The molecule has 7 heavy (non-hydrogen) atoms. The second-order valence-corrected chi connectivity index (χ2v) is 1.22. The van der Waals surface area contributed by atoms with Crippen LogP contribution in [0.4, 0.5) is 0 Å². The lowest BCUT2D eigenvalue weighted by Crippen LogP contribution is -2.08. The van der Waals surface area contributed by atoms with Gasteiger partial charge in [0.2, 0.25) is 5.91 Å². The second-order valence-electron chi connectivity index (χ2n) is 1.22. The predicted octanol–water partition coefficient (Wildman–Crippen LogP) is 0.850. The molecule has 0 saturated carbocycles. The molecule has 0 aliphatic heterocycles. The van der Waals surface area contributed by atoms with Gasteiger partial charge in [-0.1, -0.05) is 6.92 Å². The zero-order chi connectivity index (χ0) is 4.99. The van der Waals surface area contributed by atoms with Gasteiger partial charge in [0.05, 0.1) is 0 Å². The van der Waals surface area contributed by atoms with Crippen molar-refractivity contribution in [3.8, 4) is 0 Å². The fourth-order valence-electron chi connectivity index (χ4n) is 0.246. The van der Waals surface area contributed by atoms with E-state index in [0.717, 1.165) is 6.42 Å². The van der Waals surface area contributed by atoms with Gasteiger partial charge in [0.25, 0.3) is 0 Å². The molecule has 0 aromatic rings. The van der Waals surface area contributed by atoms with Crippen LogP contribution in [0.15, 0.2) is 0 Å². The molecular formula is C4H10BrNO. The van der Waals surface area contributed by atoms with Crippen molar-refractivity contribution in [2.45, 2.75) is 19.8 Å². The topological polar surface area (TPSA) is 43.1 Å². The van der Waals surface area contributed by atoms with Crippen LogP contribution in [0.25, 0.3) is 0 Å². The minimum atomic E-state index is -0.211. The summed E-state index contributed by atoms with van der Waals surface area (Å²) in [4.78, 5) is 9.82. The van der Waals surface area contributed by atoms with Crippen LogP contribution in [0.3, 0.4) is 0 Å². The molecule has 0 unspecified atom stereocenters. The van der Waals surface area contributed by atoms with Gasteiger partial charge in [0.1, 0.15) is 0 Å². The fraction of sp³-hybridized carbons (Fsp3) is 0.750. The van der Waals surface area contributed by atoms with Crippen LogP contribution in [0.5, 0.6) is 0 Å². The van der Waals surface area contributed by atoms with Gasteiger partial charge in [0.15, 0.2) is 0 Å². The van der Waals surface area contributed by atoms with Gasteiger partial charge >= 0.3 is 0 Å². The van der Waals surface area contributed by atoms with Crippen LogP contribution < -0.4 is 5.73 Å². The van der Waals surface area contributed by atoms with E-state index < -0.39 is 0 Å². The van der Waals surface area contributed by atoms with Gasteiger partial charge in [0, 0.05) is 6.42 Å². The van der Waals surface area contributed by atoms with Gasteiger partial charge in [-0.05, 0) is 6.42 Å². The van der Waals surface area contributed by atoms with E-state index in [1.54, 1.807) is 0 Å². The van der Waals surface area contributed by atoms with Gasteiger partial charge in [-0.25, -0.2) is 0 Å². The Bertz CT molecular complexity index is 55.7. The van der Waals surface area contributed by atoms with Crippen molar-refractivity contribution in [3.05, 3.63) is 0 Å². The molecule has 0 aliphatic rings. The van der Waals surface area contributed by atoms with E-state index in [0.29, 0.717) is 6.42 Å². The zero-order valence-corrected chi connectivity index (χ0v) is 6.02. The summed E-state index contributed by atoms with van der Waals surface area (Å²) in [5.74, 6) is -0.211. The third-order valence-corrected chi connectivity index (χ3v) is 0.496. The fourth-order valence-corrected chi connectivity index (χ4v) is 0.246. The first kappa shape index (κ1) is 10.0. The molecular weight excluding hydrogens is 158 g/mol. The Morgan fingerprint density at radius 1 is 1.71 bits per heavy atom. The van der Waals surface area contributed by atoms with Crippen molar-refractivity contribution in [1.29, 1.82) is 0 Å². The van der Waals surface area contributed by atoms with Crippen molar-refractivity contribution in [3.63, 3.8) is 0 Å². The molecule has 0 spiro atoms. The average molecular weight is 168 g/mol. The molecule has 0 saturated heterocycles. The summed E-state index contributed by atoms with van der Waals surface area (Å²) in [6, 6.07) is 0. The van der Waals surface area contributed by atoms with Crippen LogP contribution in [0, 0.1) is 0 Å². The number of nitrogens with two attached hydrogens (primary N) is 1. The Hall–Kier alpha value is -0.0500. The zero-order valence-electron chi connectivity index (χ0n) is 4.31. The maximum atomic E-state index is 9.82. The summed E-state index contributed by atoms with van der Waals surface area (Å²) >= 11 is 0. The van der Waals surface area contributed by atoms with Crippen molar-refractivity contribution in [2.24, 2.45) is 5.73 Å². The normalized spacial score (nSPS) is 7.00. The Morgan fingerprint density at radius 3 is 2.14 bits per heavy atom. The largest absolute Gasteiger partial charge is 0.370 e. The standard InChI is InChI=1S/C4H9NO.BrH/c1-2-3-4(5)6;/h2-3H2,1H3,(H2,5,6);1H. The van der Waals surface area contributed by atoms with Gasteiger partial charge in [-0.2, -0.15) is 0 Å². The molecule has 3 heteroatoms. The van der Waals surface area contributed by atoms with Gasteiger partial charge in [-0.3, -0.25) is 4.79 Å². The number of rotatable bonds is 2. The highest BCUT2D eigenvalue weighted by Gasteiger charge is 1.84. The van der Waals surface area contributed by atoms with E-state index in [9.17, 15) is 4.79 Å². The highest BCUT2D eigenvalue weighted by molar-refractivity contribution is 8.93. The lowest BCUT2D eigenvalue weighted by Gasteiger charge is -1.81. The average Bonchev–Trinajstić information content (AvgIpc) is 1.35. The van der Waals surface area contributed by atoms with E-state index in [-0.39, 0.29) is 22.9 Å². The maximum absolute atomic E-state index is 9.82. The summed E-state index contributed by atoms with van der Waals surface area (Å²) in [5, 5.41) is 0. The molecule has 1 amide bonds. The summed E-state index contributed by atoms with van der Waals surface area (Å²) in [7, 11) is 0. The van der Waals surface area contributed by atoms with Crippen molar-refractivity contribution in [1.82, 2.24) is 0 Å². The predicted molar refractivity (Wildman–Crippen MR) is 34.4 cm³/mol. The third-order valence-electron chi connectivity index (χ3n) is 0.496. The molecule has 2 nitrogen and oxygen atoms in total. The molecule has 0 aliphatic carbocycles. The first-order chi connectivity index (χ1) is 2.77. The monoisotopic (exact) mass is 167 g/mol. The van der Waals surface area contributed by atoms with E-state index >= 15 is 0 Å². The highest BCUT2D eigenvalue weighted by Crippen LogP contribution is 1.79. The number of halogens is 1. The summed E-state index contributed by atoms with van der Waals surface area (Å²) < 4.78 is 0. The maximum Gasteiger partial charge on any atom is 0.217 e. The molecule has 0 radical (unpaired) electrons. The van der Waals surface area contributed by atoms with E-state index in [4.69, 9.17) is 5.73 Å². The van der Waals surface area contributed by atoms with Crippen LogP contribution in [0.2, 0.25) is 0 Å². The molecule has 0 bridgehead atoms. The van der Waals surface area contributed by atoms with E-state index in [2.05, 4.69) is 0 Å². The Labute approximate surface area is 53.8 Å². The third kappa shape index (κ3) is 10.7. The second kappa shape index (κ2) is 5.95. The molecule has 0 fully saturated rings. The SMILES string of the molecule is Br.CCCC(N)=O. The van der Waals surface area contributed by atoms with Crippen LogP contribution in [0.1, 0.15) is 19.8 Å². The first-order valence-corrected chi connectivity index (χ1v) is 2.05. The van der Waals surface area contributed by atoms with Crippen LogP contribution >= 0.6 is 17.0 Å². The summed E-state index contributed by atoms with van der Waals surface area (Å²) in [5.41, 5.74) is 4.76. The molecule has 0 rings (SSSR count). The quantitative estimate of drug-likeness (QED) is 0.652. The highest BCUT2D eigenvalue weighted by atomic mass is 79.9. The first-order valence-electron chi connectivity index (χ1n) is 2.05. The Kier molecular flexibility index (Phi) is 8.54. The number of primary amides is 1. The number of carbonyl (C=O) groups is 1. The number of hydrogen-bond donors (Lipinski definition) is 1. The van der Waals surface area contributed by atoms with E-state index in [1.807, 2.05) is 6.92 Å². The Morgan fingerprint density at radius 2 is 2.14 bits per heavy atom. The number of amides is 1. The van der Waals surface area contributed by atoms with Crippen LogP contribution in [-0.4, -0.2) is 5.91 Å². The molecule has 0 aromatic heterocycles. The molecule has 2 N–H and O–H groups in total. The van der Waals surface area contributed by atoms with Gasteiger partial charge in [-0.15, -0.1) is 17.0 Å². The van der Waals surface area contributed by atoms with Crippen LogP contribution in [-0.2, 0) is 4.79 Å². The summed E-state index contributed by atoms with van der Waals surface area (Å²) in [6.07, 6.45) is 1.37. The minimum Gasteiger partial charge on any atom is -0.370 e. The lowest BCUT2D eigenvalue weighted by molar-refractivity contribution is -0.118. The van der Waals surface area contributed by atoms with E-state index in [1.165, 1.54) is 0 Å². The number of carbonyl (C=O) groups excluding carboxylic acids is 1. The minimum absolute atomic E-state index is 0.